The van der Waals surface area contributed by atoms with Gasteiger partial charge in [-0.15, -0.1) is 0 Å². The SMILES string of the molecule is Cc1cc(-c2ccc3c(c2)OCO3)c2ccccc2n1. The number of aryl methyl sites for hydroxylation is 1. The number of ether oxygens (including phenoxy) is 2. The van der Waals surface area contributed by atoms with Gasteiger partial charge in [-0.1, -0.05) is 24.3 Å². The van der Waals surface area contributed by atoms with E-state index >= 15 is 0 Å². The van der Waals surface area contributed by atoms with Crippen LogP contribution >= 0.6 is 0 Å². The van der Waals surface area contributed by atoms with Gasteiger partial charge >= 0.3 is 0 Å². The molecule has 1 aliphatic rings. The molecule has 2 heterocycles. The van der Waals surface area contributed by atoms with Crippen LogP contribution < -0.4 is 9.47 Å². The van der Waals surface area contributed by atoms with Crippen LogP contribution in [0.2, 0.25) is 0 Å². The molecule has 0 radical (unpaired) electrons. The highest BCUT2D eigenvalue weighted by Gasteiger charge is 2.15. The Morgan fingerprint density at radius 3 is 2.75 bits per heavy atom. The lowest BCUT2D eigenvalue weighted by Gasteiger charge is -2.09. The molecule has 0 N–H and O–H groups in total. The van der Waals surface area contributed by atoms with Gasteiger partial charge in [-0.3, -0.25) is 4.98 Å². The Bertz CT molecular complexity index is 811. The molecule has 3 heteroatoms. The van der Waals surface area contributed by atoms with Crippen LogP contribution in [0.4, 0.5) is 0 Å². The molecule has 3 aromatic rings. The Hall–Kier alpha value is -2.55. The number of pyridine rings is 1. The fourth-order valence-corrected chi connectivity index (χ4v) is 2.61. The lowest BCUT2D eigenvalue weighted by Crippen LogP contribution is -1.92. The molecule has 0 saturated carbocycles. The molecule has 1 aliphatic heterocycles. The molecule has 0 saturated heterocycles. The molecule has 0 spiro atoms. The third-order valence-corrected chi connectivity index (χ3v) is 3.53. The second-order valence-electron chi connectivity index (χ2n) is 4.90. The largest absolute Gasteiger partial charge is 0.454 e. The highest BCUT2D eigenvalue weighted by atomic mass is 16.7. The number of hydrogen-bond acceptors (Lipinski definition) is 3. The maximum Gasteiger partial charge on any atom is 0.231 e. The second kappa shape index (κ2) is 4.23. The van der Waals surface area contributed by atoms with Crippen molar-refractivity contribution in [2.45, 2.75) is 6.92 Å². The Morgan fingerprint density at radius 2 is 1.80 bits per heavy atom. The van der Waals surface area contributed by atoms with Crippen molar-refractivity contribution in [3.05, 3.63) is 54.2 Å². The fourth-order valence-electron chi connectivity index (χ4n) is 2.61. The molecule has 0 atom stereocenters. The van der Waals surface area contributed by atoms with Gasteiger partial charge in [0.25, 0.3) is 0 Å². The minimum atomic E-state index is 0.301. The van der Waals surface area contributed by atoms with Crippen molar-refractivity contribution in [1.29, 1.82) is 0 Å². The lowest BCUT2D eigenvalue weighted by atomic mass is 10.00. The third-order valence-electron chi connectivity index (χ3n) is 3.53. The maximum absolute atomic E-state index is 5.47. The van der Waals surface area contributed by atoms with Gasteiger partial charge in [0.1, 0.15) is 0 Å². The zero-order chi connectivity index (χ0) is 13.5. The summed E-state index contributed by atoms with van der Waals surface area (Å²) in [6.45, 7) is 2.32. The topological polar surface area (TPSA) is 31.4 Å². The molecule has 0 fully saturated rings. The molecule has 0 aliphatic carbocycles. The second-order valence-corrected chi connectivity index (χ2v) is 4.90. The number of rotatable bonds is 1. The molecule has 2 aromatic carbocycles. The van der Waals surface area contributed by atoms with Gasteiger partial charge in [0, 0.05) is 11.1 Å². The van der Waals surface area contributed by atoms with E-state index in [2.05, 4.69) is 23.2 Å². The van der Waals surface area contributed by atoms with E-state index in [1.54, 1.807) is 0 Å². The highest BCUT2D eigenvalue weighted by molar-refractivity contribution is 5.95. The van der Waals surface area contributed by atoms with E-state index in [9.17, 15) is 0 Å². The Balaban J connectivity index is 1.98. The van der Waals surface area contributed by atoms with Crippen molar-refractivity contribution in [3.8, 4) is 22.6 Å². The first-order chi connectivity index (χ1) is 9.81. The molecular formula is C17H13NO2. The first-order valence-corrected chi connectivity index (χ1v) is 6.58. The summed E-state index contributed by atoms with van der Waals surface area (Å²) in [5.74, 6) is 1.62. The molecule has 4 rings (SSSR count). The number of nitrogens with zero attached hydrogens (tertiary/aromatic N) is 1. The minimum absolute atomic E-state index is 0.301. The first-order valence-electron chi connectivity index (χ1n) is 6.58. The summed E-state index contributed by atoms with van der Waals surface area (Å²) >= 11 is 0. The van der Waals surface area contributed by atoms with E-state index in [0.717, 1.165) is 33.7 Å². The summed E-state index contributed by atoms with van der Waals surface area (Å²) in [7, 11) is 0. The summed E-state index contributed by atoms with van der Waals surface area (Å²) in [4.78, 5) is 4.58. The molecule has 20 heavy (non-hydrogen) atoms. The zero-order valence-electron chi connectivity index (χ0n) is 11.1. The van der Waals surface area contributed by atoms with E-state index in [1.807, 2.05) is 37.3 Å². The van der Waals surface area contributed by atoms with Crippen LogP contribution in [0.3, 0.4) is 0 Å². The van der Waals surface area contributed by atoms with E-state index in [4.69, 9.17) is 9.47 Å². The van der Waals surface area contributed by atoms with Gasteiger partial charge in [-0.25, -0.2) is 0 Å². The summed E-state index contributed by atoms with van der Waals surface area (Å²) in [5, 5.41) is 1.15. The van der Waals surface area contributed by atoms with Gasteiger partial charge < -0.3 is 9.47 Å². The van der Waals surface area contributed by atoms with E-state index in [1.165, 1.54) is 5.56 Å². The fraction of sp³-hybridized carbons (Fsp3) is 0.118. The number of hydrogen-bond donors (Lipinski definition) is 0. The standard InChI is InChI=1S/C17H13NO2/c1-11-8-14(13-4-2-3-5-15(13)18-11)12-6-7-16-17(9-12)20-10-19-16/h2-9H,10H2,1H3. The molecule has 3 nitrogen and oxygen atoms in total. The maximum atomic E-state index is 5.47. The van der Waals surface area contributed by atoms with E-state index < -0.39 is 0 Å². The van der Waals surface area contributed by atoms with Gasteiger partial charge in [-0.2, -0.15) is 0 Å². The third kappa shape index (κ3) is 1.71. The smallest absolute Gasteiger partial charge is 0.231 e. The number of benzene rings is 2. The number of para-hydroxylation sites is 1. The summed E-state index contributed by atoms with van der Waals surface area (Å²) in [6.07, 6.45) is 0. The summed E-state index contributed by atoms with van der Waals surface area (Å²) < 4.78 is 10.8. The van der Waals surface area contributed by atoms with Gasteiger partial charge in [0.05, 0.1) is 5.52 Å². The van der Waals surface area contributed by atoms with Crippen molar-refractivity contribution in [3.63, 3.8) is 0 Å². The van der Waals surface area contributed by atoms with Crippen LogP contribution in [0.5, 0.6) is 11.5 Å². The lowest BCUT2D eigenvalue weighted by molar-refractivity contribution is 0.174. The number of fused-ring (bicyclic) bond motifs is 2. The van der Waals surface area contributed by atoms with Crippen LogP contribution in [-0.2, 0) is 0 Å². The molecular weight excluding hydrogens is 250 g/mol. The molecule has 0 amide bonds. The van der Waals surface area contributed by atoms with Crippen molar-refractivity contribution < 1.29 is 9.47 Å². The van der Waals surface area contributed by atoms with Gasteiger partial charge in [0.2, 0.25) is 6.79 Å². The number of aromatic nitrogens is 1. The van der Waals surface area contributed by atoms with Crippen LogP contribution in [-0.4, -0.2) is 11.8 Å². The quantitative estimate of drug-likeness (QED) is 0.666. The summed E-state index contributed by atoms with van der Waals surface area (Å²) in [6, 6.07) is 16.4. The molecule has 98 valence electrons. The van der Waals surface area contributed by atoms with Crippen molar-refractivity contribution in [2.75, 3.05) is 6.79 Å². The van der Waals surface area contributed by atoms with Crippen molar-refractivity contribution in [1.82, 2.24) is 4.98 Å². The predicted octanol–water partition coefficient (Wildman–Crippen LogP) is 3.94. The van der Waals surface area contributed by atoms with E-state index in [-0.39, 0.29) is 0 Å². The normalized spacial score (nSPS) is 12.8. The molecule has 0 bridgehead atoms. The van der Waals surface area contributed by atoms with Gasteiger partial charge in [-0.05, 0) is 42.3 Å². The first kappa shape index (κ1) is 11.3. The van der Waals surface area contributed by atoms with Crippen LogP contribution in [0.15, 0.2) is 48.5 Å². The molecule has 0 unspecified atom stereocenters. The predicted molar refractivity (Wildman–Crippen MR) is 78.0 cm³/mol. The van der Waals surface area contributed by atoms with Crippen molar-refractivity contribution >= 4 is 10.9 Å². The Labute approximate surface area is 116 Å². The minimum Gasteiger partial charge on any atom is -0.454 e. The Kier molecular flexibility index (Phi) is 2.39. The highest BCUT2D eigenvalue weighted by Crippen LogP contribution is 2.37. The van der Waals surface area contributed by atoms with Crippen molar-refractivity contribution in [2.24, 2.45) is 0 Å². The van der Waals surface area contributed by atoms with E-state index in [0.29, 0.717) is 6.79 Å². The zero-order valence-corrected chi connectivity index (χ0v) is 11.1. The summed E-state index contributed by atoms with van der Waals surface area (Å²) in [5.41, 5.74) is 4.32. The van der Waals surface area contributed by atoms with Gasteiger partial charge in [0.15, 0.2) is 11.5 Å². The van der Waals surface area contributed by atoms with Crippen LogP contribution in [0.25, 0.3) is 22.0 Å². The molecule has 1 aromatic heterocycles. The van der Waals surface area contributed by atoms with Crippen LogP contribution in [0.1, 0.15) is 5.69 Å². The Morgan fingerprint density at radius 1 is 0.950 bits per heavy atom. The average molecular weight is 263 g/mol. The monoisotopic (exact) mass is 263 g/mol. The van der Waals surface area contributed by atoms with Crippen LogP contribution in [0, 0.1) is 6.92 Å². The average Bonchev–Trinajstić information content (AvgIpc) is 2.93.